The lowest BCUT2D eigenvalue weighted by atomic mass is 10.0. The number of aromatic nitrogens is 1. The highest BCUT2D eigenvalue weighted by Gasteiger charge is 2.64. The smallest absolute Gasteiger partial charge is 0.0770 e. The van der Waals surface area contributed by atoms with Crippen molar-refractivity contribution in [2.24, 2.45) is 10.8 Å². The Hall–Kier alpha value is -1.09. The molecule has 88 valence electrons. The number of nitrogens with one attached hydrogen (secondary N) is 1. The normalized spacial score (nSPS) is 22.0. The second-order valence-electron chi connectivity index (χ2n) is 5.80. The summed E-state index contributed by atoms with van der Waals surface area (Å²) in [7, 11) is 0. The standard InChI is InChI=1S/C13H21N3/c1-12(2)11(13(12,3)4)16-8-10-9(14)6-5-7-15-10/h5-7,11,16H,8,14H2,1-4H3. The van der Waals surface area contributed by atoms with Crippen LogP contribution in [0.2, 0.25) is 0 Å². The van der Waals surface area contributed by atoms with Crippen molar-refractivity contribution in [3.63, 3.8) is 0 Å². The molecule has 3 N–H and O–H groups in total. The molecule has 0 spiro atoms. The average Bonchev–Trinajstić information content (AvgIpc) is 2.58. The zero-order chi connectivity index (χ0) is 12.0. The van der Waals surface area contributed by atoms with Gasteiger partial charge in [0.15, 0.2) is 0 Å². The minimum atomic E-state index is 0.358. The highest BCUT2D eigenvalue weighted by molar-refractivity contribution is 5.41. The summed E-state index contributed by atoms with van der Waals surface area (Å²) < 4.78 is 0. The van der Waals surface area contributed by atoms with Gasteiger partial charge in [-0.1, -0.05) is 27.7 Å². The highest BCUT2D eigenvalue weighted by Crippen LogP contribution is 2.62. The second-order valence-corrected chi connectivity index (χ2v) is 5.80. The molecular weight excluding hydrogens is 198 g/mol. The Morgan fingerprint density at radius 3 is 2.44 bits per heavy atom. The Balaban J connectivity index is 1.98. The number of nitrogens with zero attached hydrogens (tertiary/aromatic N) is 1. The first kappa shape index (κ1) is 11.4. The number of nitrogens with two attached hydrogens (primary N) is 1. The molecule has 1 aliphatic carbocycles. The van der Waals surface area contributed by atoms with Gasteiger partial charge in [-0.05, 0) is 23.0 Å². The van der Waals surface area contributed by atoms with Crippen molar-refractivity contribution in [1.82, 2.24) is 10.3 Å². The molecular formula is C13H21N3. The molecule has 0 saturated heterocycles. The van der Waals surface area contributed by atoms with E-state index in [0.717, 1.165) is 17.9 Å². The van der Waals surface area contributed by atoms with E-state index in [0.29, 0.717) is 16.9 Å². The van der Waals surface area contributed by atoms with Gasteiger partial charge < -0.3 is 11.1 Å². The molecule has 1 aromatic heterocycles. The lowest BCUT2D eigenvalue weighted by molar-refractivity contribution is 0.457. The number of hydrogen-bond acceptors (Lipinski definition) is 3. The summed E-state index contributed by atoms with van der Waals surface area (Å²) in [6.07, 6.45) is 1.79. The van der Waals surface area contributed by atoms with Crippen LogP contribution in [0.5, 0.6) is 0 Å². The monoisotopic (exact) mass is 219 g/mol. The third kappa shape index (κ3) is 1.59. The summed E-state index contributed by atoms with van der Waals surface area (Å²) in [6.45, 7) is 9.95. The molecule has 0 amide bonds. The van der Waals surface area contributed by atoms with Crippen LogP contribution in [0.1, 0.15) is 33.4 Å². The maximum absolute atomic E-state index is 5.86. The van der Waals surface area contributed by atoms with E-state index in [-0.39, 0.29) is 0 Å². The zero-order valence-electron chi connectivity index (χ0n) is 10.5. The molecule has 1 fully saturated rings. The fraction of sp³-hybridized carbons (Fsp3) is 0.615. The van der Waals surface area contributed by atoms with Crippen molar-refractivity contribution < 1.29 is 0 Å². The molecule has 0 bridgehead atoms. The lowest BCUT2D eigenvalue weighted by Gasteiger charge is -2.07. The number of hydrogen-bond donors (Lipinski definition) is 2. The van der Waals surface area contributed by atoms with Gasteiger partial charge in [-0.15, -0.1) is 0 Å². The summed E-state index contributed by atoms with van der Waals surface area (Å²) in [5, 5.41) is 3.55. The molecule has 1 aliphatic rings. The van der Waals surface area contributed by atoms with Gasteiger partial charge in [0.05, 0.1) is 11.4 Å². The van der Waals surface area contributed by atoms with Crippen molar-refractivity contribution in [2.75, 3.05) is 5.73 Å². The van der Waals surface area contributed by atoms with Gasteiger partial charge >= 0.3 is 0 Å². The molecule has 0 aliphatic heterocycles. The van der Waals surface area contributed by atoms with E-state index in [1.807, 2.05) is 12.1 Å². The Kier molecular flexibility index (Phi) is 2.46. The fourth-order valence-corrected chi connectivity index (χ4v) is 2.50. The molecule has 0 aromatic carbocycles. The van der Waals surface area contributed by atoms with E-state index in [2.05, 4.69) is 38.0 Å². The van der Waals surface area contributed by atoms with Crippen LogP contribution in [-0.4, -0.2) is 11.0 Å². The summed E-state index contributed by atoms with van der Waals surface area (Å²) in [5.74, 6) is 0. The quantitative estimate of drug-likeness (QED) is 0.819. The number of nitrogen functional groups attached to an aromatic ring is 1. The molecule has 0 atom stereocenters. The van der Waals surface area contributed by atoms with Crippen LogP contribution in [0.3, 0.4) is 0 Å². The van der Waals surface area contributed by atoms with E-state index in [1.165, 1.54) is 0 Å². The van der Waals surface area contributed by atoms with Gasteiger partial charge in [0.25, 0.3) is 0 Å². The van der Waals surface area contributed by atoms with Crippen LogP contribution in [0.15, 0.2) is 18.3 Å². The topological polar surface area (TPSA) is 50.9 Å². The number of anilines is 1. The van der Waals surface area contributed by atoms with Gasteiger partial charge in [0, 0.05) is 18.8 Å². The Labute approximate surface area is 97.5 Å². The fourth-order valence-electron chi connectivity index (χ4n) is 2.50. The van der Waals surface area contributed by atoms with E-state index in [9.17, 15) is 0 Å². The molecule has 3 heteroatoms. The van der Waals surface area contributed by atoms with Gasteiger partial charge in [0.2, 0.25) is 0 Å². The summed E-state index contributed by atoms with van der Waals surface area (Å²) in [5.41, 5.74) is 8.29. The first-order valence-corrected chi connectivity index (χ1v) is 5.80. The van der Waals surface area contributed by atoms with E-state index in [4.69, 9.17) is 5.73 Å². The lowest BCUT2D eigenvalue weighted by Crippen LogP contribution is -2.22. The van der Waals surface area contributed by atoms with E-state index in [1.54, 1.807) is 6.20 Å². The predicted molar refractivity (Wildman–Crippen MR) is 66.8 cm³/mol. The van der Waals surface area contributed by atoms with Gasteiger partial charge in [0.1, 0.15) is 0 Å². The SMILES string of the molecule is CC1(C)C(NCc2ncccc2N)C1(C)C. The van der Waals surface area contributed by atoms with Gasteiger partial charge in [-0.3, -0.25) is 4.98 Å². The first-order chi connectivity index (χ1) is 7.37. The van der Waals surface area contributed by atoms with Crippen LogP contribution in [0.4, 0.5) is 5.69 Å². The molecule has 1 heterocycles. The molecule has 16 heavy (non-hydrogen) atoms. The Bertz CT molecular complexity index is 382. The summed E-state index contributed by atoms with van der Waals surface area (Å²) in [6, 6.07) is 4.30. The van der Waals surface area contributed by atoms with Crippen molar-refractivity contribution >= 4 is 5.69 Å². The van der Waals surface area contributed by atoms with Gasteiger partial charge in [-0.25, -0.2) is 0 Å². The molecule has 3 nitrogen and oxygen atoms in total. The van der Waals surface area contributed by atoms with Crippen LogP contribution in [0.25, 0.3) is 0 Å². The first-order valence-electron chi connectivity index (χ1n) is 5.80. The number of pyridine rings is 1. The molecule has 1 saturated carbocycles. The van der Waals surface area contributed by atoms with Crippen molar-refractivity contribution in [1.29, 1.82) is 0 Å². The number of rotatable bonds is 3. The van der Waals surface area contributed by atoms with Crippen molar-refractivity contribution in [3.05, 3.63) is 24.0 Å². The van der Waals surface area contributed by atoms with Crippen LogP contribution >= 0.6 is 0 Å². The second kappa shape index (κ2) is 3.45. The maximum Gasteiger partial charge on any atom is 0.0770 e. The highest BCUT2D eigenvalue weighted by atomic mass is 15.0. The third-order valence-electron chi connectivity index (χ3n) is 4.42. The van der Waals surface area contributed by atoms with Crippen LogP contribution in [0, 0.1) is 10.8 Å². The predicted octanol–water partition coefficient (Wildman–Crippen LogP) is 2.19. The molecule has 0 radical (unpaired) electrons. The summed E-state index contributed by atoms with van der Waals surface area (Å²) >= 11 is 0. The molecule has 2 rings (SSSR count). The average molecular weight is 219 g/mol. The summed E-state index contributed by atoms with van der Waals surface area (Å²) in [4.78, 5) is 4.29. The Morgan fingerprint density at radius 1 is 1.31 bits per heavy atom. The van der Waals surface area contributed by atoms with Gasteiger partial charge in [-0.2, -0.15) is 0 Å². The molecule has 0 unspecified atom stereocenters. The van der Waals surface area contributed by atoms with Crippen LogP contribution in [-0.2, 0) is 6.54 Å². The largest absolute Gasteiger partial charge is 0.397 e. The Morgan fingerprint density at radius 2 is 1.94 bits per heavy atom. The van der Waals surface area contributed by atoms with Crippen molar-refractivity contribution in [2.45, 2.75) is 40.3 Å². The zero-order valence-corrected chi connectivity index (χ0v) is 10.5. The third-order valence-corrected chi connectivity index (χ3v) is 4.42. The van der Waals surface area contributed by atoms with Crippen molar-refractivity contribution in [3.8, 4) is 0 Å². The minimum Gasteiger partial charge on any atom is -0.397 e. The van der Waals surface area contributed by atoms with E-state index >= 15 is 0 Å². The maximum atomic E-state index is 5.86. The van der Waals surface area contributed by atoms with E-state index < -0.39 is 0 Å². The van der Waals surface area contributed by atoms with Crippen LogP contribution < -0.4 is 11.1 Å². The minimum absolute atomic E-state index is 0.358. The molecule has 1 aromatic rings.